The molecule has 1 fully saturated rings. The molecule has 30 heteroatoms. The van der Waals surface area contributed by atoms with Crippen LogP contribution in [0, 0.1) is 22.1 Å². The average molecular weight is 1010 g/mol. The van der Waals surface area contributed by atoms with Crippen LogP contribution >= 0.6 is 0 Å². The Kier molecular flexibility index (Phi) is 26.7. The SMILES string of the molecule is CC(C)[C@H](NC(=O)[C@H](C)NC(=O)[C@H](C)NC(=O)[C@H](CCCNC(=N)N)NC(=O)[C@H](CC(=O)O)NC(=O)[C@H](C)NC(=O)[C@H](CCCNC(=N)N)NC(=O)[C@@H](N)CCCNC(=N)N)C(=O)N1CCC[C@H]1C(=O)O. The minimum atomic E-state index is -1.84. The largest absolute Gasteiger partial charge is 0.481 e. The number of amides is 8. The number of carboxylic acid groups (broad SMARTS) is 2. The molecule has 0 saturated carbocycles. The van der Waals surface area contributed by atoms with Gasteiger partial charge in [0.2, 0.25) is 47.3 Å². The molecule has 0 unspecified atom stereocenters. The van der Waals surface area contributed by atoms with Crippen molar-refractivity contribution < 1.29 is 58.2 Å². The van der Waals surface area contributed by atoms with Gasteiger partial charge in [-0.15, -0.1) is 0 Å². The normalized spacial score (nSPS) is 16.4. The fourth-order valence-corrected chi connectivity index (χ4v) is 6.92. The molecule has 8 amide bonds. The summed E-state index contributed by atoms with van der Waals surface area (Å²) in [5.41, 5.74) is 21.9. The Hall–Kier alpha value is -7.53. The minimum Gasteiger partial charge on any atom is -0.481 e. The molecule has 0 aromatic heterocycles. The fourth-order valence-electron chi connectivity index (χ4n) is 6.92. The standard InChI is InChI=1S/C41H74N18O12/c1-19(2)29(37(69)59-17-9-13-27(59)38(70)71)58-32(64)22(5)52-30(62)20(3)53-35(67)25(12-8-16-51-41(47)48)56-36(68)26(18-28(60)61)57-31(63)21(4)54-34(66)24(11-7-15-50-40(45)46)55-33(65)23(42)10-6-14-49-39(43)44/h19-27,29H,6-18,42H2,1-5H3,(H,52,62)(H,53,67)(H,54,66)(H,55,65)(H,56,68)(H,57,63)(H,58,64)(H,60,61)(H,70,71)(H4,43,44,49)(H4,45,46,50)(H4,47,48,51)/t20-,21-,22-,23-,24-,25-,26-,27-,29-/m0/s1. The van der Waals surface area contributed by atoms with Crippen LogP contribution in [-0.2, 0) is 47.9 Å². The number of rotatable bonds is 31. The van der Waals surface area contributed by atoms with Gasteiger partial charge in [-0.3, -0.25) is 59.4 Å². The van der Waals surface area contributed by atoms with E-state index in [1.54, 1.807) is 13.8 Å². The first-order valence-electron chi connectivity index (χ1n) is 23.0. The lowest BCUT2D eigenvalue weighted by molar-refractivity contribution is -0.150. The van der Waals surface area contributed by atoms with E-state index in [2.05, 4.69) is 53.2 Å². The van der Waals surface area contributed by atoms with Crippen molar-refractivity contribution in [3.8, 4) is 0 Å². The van der Waals surface area contributed by atoms with Crippen LogP contribution in [-0.4, -0.2) is 173 Å². The van der Waals surface area contributed by atoms with Crippen LogP contribution in [0.2, 0.25) is 0 Å². The van der Waals surface area contributed by atoms with Gasteiger partial charge in [-0.2, -0.15) is 0 Å². The first-order valence-corrected chi connectivity index (χ1v) is 23.0. The molecule has 0 aromatic rings. The van der Waals surface area contributed by atoms with Gasteiger partial charge in [-0.05, 0) is 78.1 Å². The maximum atomic E-state index is 13.7. The van der Waals surface area contributed by atoms with Gasteiger partial charge in [0.05, 0.1) is 12.5 Å². The molecule has 23 N–H and O–H groups in total. The van der Waals surface area contributed by atoms with Gasteiger partial charge < -0.3 is 91.2 Å². The Labute approximate surface area is 410 Å². The van der Waals surface area contributed by atoms with Crippen molar-refractivity contribution in [2.24, 2.45) is 28.9 Å². The predicted molar refractivity (Wildman–Crippen MR) is 255 cm³/mol. The smallest absolute Gasteiger partial charge is 0.326 e. The zero-order chi connectivity index (χ0) is 54.1. The highest BCUT2D eigenvalue weighted by molar-refractivity contribution is 5.98. The number of aliphatic carboxylic acids is 2. The van der Waals surface area contributed by atoms with Crippen LogP contribution in [0.3, 0.4) is 0 Å². The number of nitrogens with one attached hydrogen (secondary N) is 13. The van der Waals surface area contributed by atoms with E-state index < -0.39 is 132 Å². The third kappa shape index (κ3) is 23.1. The first kappa shape index (κ1) is 61.5. The average Bonchev–Trinajstić information content (AvgIpc) is 3.78. The lowest BCUT2D eigenvalue weighted by Gasteiger charge is -2.30. The third-order valence-corrected chi connectivity index (χ3v) is 10.9. The van der Waals surface area contributed by atoms with Crippen LogP contribution in [0.5, 0.6) is 0 Å². The zero-order valence-electron chi connectivity index (χ0n) is 40.7. The second kappa shape index (κ2) is 30.9. The molecule has 0 spiro atoms. The number of hydrogen-bond donors (Lipinski definition) is 19. The summed E-state index contributed by atoms with van der Waals surface area (Å²) in [7, 11) is 0. The van der Waals surface area contributed by atoms with E-state index in [0.29, 0.717) is 12.8 Å². The van der Waals surface area contributed by atoms with E-state index in [1.165, 1.54) is 25.7 Å². The summed E-state index contributed by atoms with van der Waals surface area (Å²) in [6, 6.07) is -11.9. The summed E-state index contributed by atoms with van der Waals surface area (Å²) in [5.74, 6) is -11.2. The molecular formula is C41H74N18O12. The summed E-state index contributed by atoms with van der Waals surface area (Å²) < 4.78 is 0. The van der Waals surface area contributed by atoms with E-state index in [0.717, 1.165) is 0 Å². The molecular weight excluding hydrogens is 937 g/mol. The number of nitrogens with zero attached hydrogens (tertiary/aromatic N) is 1. The summed E-state index contributed by atoms with van der Waals surface area (Å²) in [5, 5.41) is 65.8. The van der Waals surface area contributed by atoms with Crippen LogP contribution < -0.4 is 76.1 Å². The van der Waals surface area contributed by atoms with Gasteiger partial charge in [-0.1, -0.05) is 13.8 Å². The van der Waals surface area contributed by atoms with Crippen molar-refractivity contribution in [3.05, 3.63) is 0 Å². The zero-order valence-corrected chi connectivity index (χ0v) is 40.7. The number of carboxylic acids is 2. The van der Waals surface area contributed by atoms with E-state index in [1.807, 2.05) is 0 Å². The molecule has 0 bridgehead atoms. The van der Waals surface area contributed by atoms with E-state index in [4.69, 9.17) is 39.2 Å². The number of hydrogen-bond acceptors (Lipinski definition) is 14. The molecule has 1 heterocycles. The maximum Gasteiger partial charge on any atom is 0.326 e. The van der Waals surface area contributed by atoms with E-state index in [-0.39, 0.29) is 76.6 Å². The Bertz CT molecular complexity index is 1940. The molecule has 1 rings (SSSR count). The molecule has 1 aliphatic heterocycles. The van der Waals surface area contributed by atoms with Crippen LogP contribution in [0.4, 0.5) is 0 Å². The second-order valence-electron chi connectivity index (χ2n) is 17.3. The van der Waals surface area contributed by atoms with Crippen LogP contribution in [0.15, 0.2) is 0 Å². The molecule has 400 valence electrons. The lowest BCUT2D eigenvalue weighted by Crippen LogP contribution is -2.60. The van der Waals surface area contributed by atoms with Gasteiger partial charge in [0.15, 0.2) is 17.9 Å². The van der Waals surface area contributed by atoms with Crippen molar-refractivity contribution in [1.29, 1.82) is 16.2 Å². The van der Waals surface area contributed by atoms with Gasteiger partial charge in [-0.25, -0.2) is 4.79 Å². The van der Waals surface area contributed by atoms with Crippen molar-refractivity contribution in [3.63, 3.8) is 0 Å². The molecule has 0 aromatic carbocycles. The van der Waals surface area contributed by atoms with Crippen molar-refractivity contribution in [2.75, 3.05) is 26.2 Å². The minimum absolute atomic E-state index is 0.0212. The molecule has 1 saturated heterocycles. The third-order valence-electron chi connectivity index (χ3n) is 10.9. The number of guanidine groups is 3. The summed E-state index contributed by atoms with van der Waals surface area (Å²) in [6.07, 6.45) is 0.311. The van der Waals surface area contributed by atoms with Crippen molar-refractivity contribution in [2.45, 2.75) is 147 Å². The van der Waals surface area contributed by atoms with Crippen LogP contribution in [0.1, 0.15) is 92.4 Å². The second-order valence-corrected chi connectivity index (χ2v) is 17.3. The highest BCUT2D eigenvalue weighted by Gasteiger charge is 2.39. The summed E-state index contributed by atoms with van der Waals surface area (Å²) in [4.78, 5) is 132. The highest BCUT2D eigenvalue weighted by atomic mass is 16.4. The molecule has 30 nitrogen and oxygen atoms in total. The number of nitrogens with two attached hydrogens (primary N) is 4. The topological polar surface area (TPSA) is 510 Å². The first-order chi connectivity index (χ1) is 33.2. The lowest BCUT2D eigenvalue weighted by atomic mass is 10.0. The van der Waals surface area contributed by atoms with Crippen LogP contribution in [0.25, 0.3) is 0 Å². The van der Waals surface area contributed by atoms with E-state index >= 15 is 0 Å². The summed E-state index contributed by atoms with van der Waals surface area (Å²) in [6.45, 7) is 7.73. The number of carbonyl (C=O) groups is 10. The predicted octanol–water partition coefficient (Wildman–Crippen LogP) is -6.24. The molecule has 0 radical (unpaired) electrons. The van der Waals surface area contributed by atoms with Crippen molar-refractivity contribution >= 4 is 77.1 Å². The highest BCUT2D eigenvalue weighted by Crippen LogP contribution is 2.20. The monoisotopic (exact) mass is 1010 g/mol. The van der Waals surface area contributed by atoms with Gasteiger partial charge in [0.25, 0.3) is 0 Å². The van der Waals surface area contributed by atoms with Gasteiger partial charge in [0, 0.05) is 26.2 Å². The Balaban J connectivity index is 3.14. The Morgan fingerprint density at radius 1 is 0.549 bits per heavy atom. The van der Waals surface area contributed by atoms with Gasteiger partial charge >= 0.3 is 11.9 Å². The fraction of sp³-hybridized carbons (Fsp3) is 0.683. The molecule has 0 aliphatic carbocycles. The maximum absolute atomic E-state index is 13.7. The molecule has 71 heavy (non-hydrogen) atoms. The van der Waals surface area contributed by atoms with Gasteiger partial charge in [0.1, 0.15) is 48.3 Å². The number of likely N-dealkylation sites (tertiary alicyclic amines) is 1. The van der Waals surface area contributed by atoms with E-state index in [9.17, 15) is 58.2 Å². The summed E-state index contributed by atoms with van der Waals surface area (Å²) >= 11 is 0. The number of carbonyl (C=O) groups excluding carboxylic acids is 8. The Morgan fingerprint density at radius 2 is 0.930 bits per heavy atom. The molecule has 1 aliphatic rings. The quantitative estimate of drug-likeness (QED) is 0.0174. The molecule has 9 atom stereocenters. The Morgan fingerprint density at radius 3 is 1.35 bits per heavy atom. The van der Waals surface area contributed by atoms with Crippen molar-refractivity contribution in [1.82, 2.24) is 58.1 Å².